The number of likely N-dealkylation sites (tertiary alicyclic amines) is 1. The average molecular weight is 1140 g/mol. The van der Waals surface area contributed by atoms with Crippen LogP contribution in [-0.2, 0) is 65.6 Å². The van der Waals surface area contributed by atoms with E-state index in [-0.39, 0.29) is 70.2 Å². The van der Waals surface area contributed by atoms with Gasteiger partial charge in [0, 0.05) is 32.2 Å². The third-order valence-corrected chi connectivity index (χ3v) is 13.5. The summed E-state index contributed by atoms with van der Waals surface area (Å²) in [6, 6.07) is 2.03. The number of unbranched alkanes of at least 4 members (excludes halogenated alkanes) is 3. The molecule has 1 saturated heterocycles. The number of hydrogen-bond acceptors (Lipinski definition) is 16. The fourth-order valence-corrected chi connectivity index (χ4v) is 8.89. The molecule has 1 fully saturated rings. The first-order valence-electron chi connectivity index (χ1n) is 27.4. The summed E-state index contributed by atoms with van der Waals surface area (Å²) < 4.78 is 0. The molecule has 27 nitrogen and oxygen atoms in total. The number of hydrogen-bond donors (Lipinski definition) is 15. The number of aliphatic carboxylic acids is 3. The molecule has 8 amide bonds. The lowest BCUT2D eigenvalue weighted by molar-refractivity contribution is -0.142. The van der Waals surface area contributed by atoms with E-state index in [1.165, 1.54) is 36.1 Å². The van der Waals surface area contributed by atoms with Crippen molar-refractivity contribution < 1.29 is 73.2 Å². The van der Waals surface area contributed by atoms with E-state index in [1.807, 2.05) is 0 Å². The normalized spacial score (nSPS) is 15.9. The van der Waals surface area contributed by atoms with Crippen molar-refractivity contribution in [1.82, 2.24) is 42.1 Å². The third-order valence-electron chi connectivity index (χ3n) is 13.5. The van der Waals surface area contributed by atoms with Crippen LogP contribution in [0.1, 0.15) is 114 Å². The highest BCUT2D eigenvalue weighted by atomic mass is 16.4. The molecule has 27 heteroatoms. The number of carboxylic acid groups (broad SMARTS) is 3. The molecule has 448 valence electrons. The summed E-state index contributed by atoms with van der Waals surface area (Å²) in [4.78, 5) is 148. The van der Waals surface area contributed by atoms with Crippen LogP contribution < -0.4 is 60.2 Å². The van der Waals surface area contributed by atoms with Gasteiger partial charge in [0.05, 0.1) is 6.04 Å². The summed E-state index contributed by atoms with van der Waals surface area (Å²) in [5.74, 6) is -10.6. The molecule has 19 N–H and O–H groups in total. The van der Waals surface area contributed by atoms with Crippen molar-refractivity contribution in [2.24, 2.45) is 22.9 Å². The summed E-state index contributed by atoms with van der Waals surface area (Å²) in [5.41, 5.74) is 24.0. The molecule has 0 radical (unpaired) electrons. The maximum atomic E-state index is 14.4. The molecule has 9 atom stereocenters. The summed E-state index contributed by atoms with van der Waals surface area (Å²) in [6.07, 6.45) is 1.29. The van der Waals surface area contributed by atoms with E-state index in [0.29, 0.717) is 69.2 Å². The second-order valence-corrected chi connectivity index (χ2v) is 20.0. The fourth-order valence-electron chi connectivity index (χ4n) is 8.89. The molecule has 1 aliphatic rings. The number of nitrogens with two attached hydrogens (primary N) is 4. The van der Waals surface area contributed by atoms with Gasteiger partial charge in [-0.2, -0.15) is 0 Å². The van der Waals surface area contributed by atoms with Crippen LogP contribution in [0.25, 0.3) is 0 Å². The number of carbonyl (C=O) groups excluding carboxylic acids is 8. The Morgan fingerprint density at radius 1 is 0.519 bits per heavy atom. The summed E-state index contributed by atoms with van der Waals surface area (Å²) in [6.45, 7) is 2.22. The highest BCUT2D eigenvalue weighted by Gasteiger charge is 2.40. The Balaban J connectivity index is 1.88. The van der Waals surface area contributed by atoms with Gasteiger partial charge in [-0.15, -0.1) is 0 Å². The molecule has 2 aromatic rings. The van der Waals surface area contributed by atoms with E-state index in [2.05, 4.69) is 37.2 Å². The van der Waals surface area contributed by atoms with Gasteiger partial charge in [0.25, 0.3) is 0 Å². The van der Waals surface area contributed by atoms with E-state index >= 15 is 0 Å². The average Bonchev–Trinajstić information content (AvgIpc) is 3.99. The second kappa shape index (κ2) is 35.8. The zero-order chi connectivity index (χ0) is 60.0. The van der Waals surface area contributed by atoms with Crippen molar-refractivity contribution in [3.63, 3.8) is 0 Å². The highest BCUT2D eigenvalue weighted by Crippen LogP contribution is 2.21. The monoisotopic (exact) mass is 1140 g/mol. The second-order valence-electron chi connectivity index (χ2n) is 20.0. The predicted molar refractivity (Wildman–Crippen MR) is 294 cm³/mol. The number of rotatable bonds is 38. The van der Waals surface area contributed by atoms with Crippen LogP contribution in [-0.4, -0.2) is 171 Å². The minimum atomic E-state index is -1.63. The number of carbonyl (C=O) groups is 11. The van der Waals surface area contributed by atoms with Crippen molar-refractivity contribution >= 4 is 65.2 Å². The Morgan fingerprint density at radius 3 is 1.51 bits per heavy atom. The molecule has 0 spiro atoms. The first-order chi connectivity index (χ1) is 38.6. The maximum absolute atomic E-state index is 14.4. The quantitative estimate of drug-likeness (QED) is 0.0327. The lowest BCUT2D eigenvalue weighted by atomic mass is 10.0. The molecule has 1 heterocycles. The molecule has 0 saturated carbocycles. The molecular weight excluding hydrogens is 1060 g/mol. The van der Waals surface area contributed by atoms with Gasteiger partial charge in [-0.1, -0.05) is 42.5 Å². The zero-order valence-corrected chi connectivity index (χ0v) is 45.8. The number of nitrogens with zero attached hydrogens (tertiary/aromatic N) is 1. The Morgan fingerprint density at radius 2 is 0.963 bits per heavy atom. The van der Waals surface area contributed by atoms with Crippen molar-refractivity contribution in [1.29, 1.82) is 0 Å². The lowest BCUT2D eigenvalue weighted by Gasteiger charge is -2.31. The van der Waals surface area contributed by atoms with Gasteiger partial charge in [0.15, 0.2) is 0 Å². The largest absolute Gasteiger partial charge is 0.508 e. The van der Waals surface area contributed by atoms with Crippen LogP contribution in [0.2, 0.25) is 0 Å². The number of phenols is 1. The standard InChI is InChI=1S/C54H82N12O15/c1-32(46(72)64-41(31-34-18-20-35(67)21-19-34)51(77)63-40(54(80)81)16-7-10-28-57)59-48(74)38(23-25-45(70)71)60-50(76)42(30-33-12-3-2-4-13-33)65-49(75)37(14-5-8-26-55)61-52(78)43-17-11-29-66(43)53(79)39(15-6-9-27-56)62-47(73)36(58)22-24-44(68)69/h2-4,12-13,18-21,32,36-43,67H,5-11,14-17,22-31,55-58H2,1H3,(H,59,74)(H,60,76)(H,61,78)(H,62,73)(H,63,77)(H,64,72)(H,65,75)(H,68,69)(H,70,71)(H,80,81)/t32-,36-,37-,38-,39-,40-,41-,42-,43-/m0/s1. The Hall–Kier alpha value is -7.75. The number of benzene rings is 2. The van der Waals surface area contributed by atoms with Gasteiger partial charge < -0.3 is 85.5 Å². The van der Waals surface area contributed by atoms with E-state index < -0.39 is 132 Å². The van der Waals surface area contributed by atoms with Crippen molar-refractivity contribution in [2.45, 2.75) is 170 Å². The molecule has 0 bridgehead atoms. The van der Waals surface area contributed by atoms with Crippen molar-refractivity contribution in [3.05, 3.63) is 65.7 Å². The third kappa shape index (κ3) is 24.3. The van der Waals surface area contributed by atoms with Crippen LogP contribution in [0.15, 0.2) is 54.6 Å². The molecule has 1 aliphatic heterocycles. The molecule has 81 heavy (non-hydrogen) atoms. The molecule has 0 aromatic heterocycles. The van der Waals surface area contributed by atoms with Gasteiger partial charge in [0.2, 0.25) is 47.3 Å². The van der Waals surface area contributed by atoms with Crippen LogP contribution in [0.4, 0.5) is 0 Å². The molecule has 2 aromatic carbocycles. The topological polar surface area (TPSA) is 460 Å². The van der Waals surface area contributed by atoms with Crippen LogP contribution in [0, 0.1) is 0 Å². The fraction of sp³-hybridized carbons (Fsp3) is 0.574. The number of aromatic hydroxyl groups is 1. The number of phenolic OH excluding ortho intramolecular Hbond substituents is 1. The van der Waals surface area contributed by atoms with E-state index in [1.54, 1.807) is 30.3 Å². The van der Waals surface area contributed by atoms with Crippen molar-refractivity contribution in [3.8, 4) is 5.75 Å². The Labute approximate surface area is 470 Å². The van der Waals surface area contributed by atoms with E-state index in [0.717, 1.165) is 0 Å². The van der Waals surface area contributed by atoms with Gasteiger partial charge in [0.1, 0.15) is 54.1 Å². The summed E-state index contributed by atoms with van der Waals surface area (Å²) in [7, 11) is 0. The number of carboxylic acids is 3. The van der Waals surface area contributed by atoms with Crippen molar-refractivity contribution in [2.75, 3.05) is 26.2 Å². The van der Waals surface area contributed by atoms with Crippen LogP contribution >= 0.6 is 0 Å². The SMILES string of the molecule is C[C@H](NC(=O)[C@H](CCC(=O)O)NC(=O)[C@H](Cc1ccccc1)NC(=O)[C@H](CCCCN)NC(=O)[C@@H]1CCCN1C(=O)[C@H](CCCCN)NC(=O)[C@@H](N)CCC(=O)O)C(=O)N[C@@H](Cc1ccc(O)cc1)C(=O)N[C@@H](CCCCN)C(=O)O. The van der Waals surface area contributed by atoms with Gasteiger partial charge in [-0.05, 0) is 133 Å². The summed E-state index contributed by atoms with van der Waals surface area (Å²) >= 11 is 0. The molecule has 0 unspecified atom stereocenters. The minimum absolute atomic E-state index is 0.0249. The van der Waals surface area contributed by atoms with Gasteiger partial charge in [-0.25, -0.2) is 4.79 Å². The summed E-state index contributed by atoms with van der Waals surface area (Å²) in [5, 5.41) is 56.4. The molecule has 0 aliphatic carbocycles. The predicted octanol–water partition coefficient (Wildman–Crippen LogP) is -1.89. The first kappa shape index (κ1) is 67.5. The van der Waals surface area contributed by atoms with Gasteiger partial charge in [-0.3, -0.25) is 47.9 Å². The van der Waals surface area contributed by atoms with E-state index in [9.17, 15) is 68.1 Å². The zero-order valence-electron chi connectivity index (χ0n) is 45.8. The molecular formula is C54H82N12O15. The lowest BCUT2D eigenvalue weighted by Crippen LogP contribution is -2.60. The molecule has 3 rings (SSSR count). The van der Waals surface area contributed by atoms with Crippen LogP contribution in [0.5, 0.6) is 5.75 Å². The minimum Gasteiger partial charge on any atom is -0.508 e. The van der Waals surface area contributed by atoms with Gasteiger partial charge >= 0.3 is 17.9 Å². The Kier molecular flexibility index (Phi) is 29.8. The van der Waals surface area contributed by atoms with Crippen LogP contribution in [0.3, 0.4) is 0 Å². The Bertz CT molecular complexity index is 2420. The first-order valence-corrected chi connectivity index (χ1v) is 27.4. The number of amides is 8. The smallest absolute Gasteiger partial charge is 0.326 e. The van der Waals surface area contributed by atoms with E-state index in [4.69, 9.17) is 28.0 Å². The highest BCUT2D eigenvalue weighted by molar-refractivity contribution is 5.98. The maximum Gasteiger partial charge on any atom is 0.326 e. The number of nitrogens with one attached hydrogen (secondary N) is 7.